The Labute approximate surface area is 86.7 Å². The molecule has 0 saturated carbocycles. The Morgan fingerprint density at radius 1 is 1.79 bits per heavy atom. The zero-order valence-electron chi connectivity index (χ0n) is 7.85. The number of aromatic nitrogens is 1. The van der Waals surface area contributed by atoms with Crippen LogP contribution in [-0.4, -0.2) is 41.3 Å². The SMILES string of the molecule is NC1CCN(CC(=O)c2nccs2)C1. The van der Waals surface area contributed by atoms with Crippen LogP contribution in [0.2, 0.25) is 0 Å². The fourth-order valence-electron chi connectivity index (χ4n) is 1.64. The molecule has 1 saturated heterocycles. The van der Waals surface area contributed by atoms with Crippen LogP contribution in [-0.2, 0) is 0 Å². The number of nitrogens with two attached hydrogens (primary N) is 1. The first-order valence-electron chi connectivity index (χ1n) is 4.66. The molecule has 4 nitrogen and oxygen atoms in total. The van der Waals surface area contributed by atoms with Gasteiger partial charge in [-0.25, -0.2) is 4.98 Å². The Hall–Kier alpha value is -0.780. The van der Waals surface area contributed by atoms with Crippen molar-refractivity contribution in [3.8, 4) is 0 Å². The summed E-state index contributed by atoms with van der Waals surface area (Å²) in [5.41, 5.74) is 5.75. The van der Waals surface area contributed by atoms with Gasteiger partial charge in [-0.1, -0.05) is 0 Å². The normalized spacial score (nSPS) is 22.8. The van der Waals surface area contributed by atoms with Crippen LogP contribution in [0.5, 0.6) is 0 Å². The first-order valence-corrected chi connectivity index (χ1v) is 5.54. The third kappa shape index (κ3) is 2.17. The van der Waals surface area contributed by atoms with E-state index in [0.717, 1.165) is 19.5 Å². The van der Waals surface area contributed by atoms with Crippen molar-refractivity contribution in [1.82, 2.24) is 9.88 Å². The second kappa shape index (κ2) is 4.16. The second-order valence-corrected chi connectivity index (χ2v) is 4.44. The number of carbonyl (C=O) groups excluding carboxylic acids is 1. The number of rotatable bonds is 3. The van der Waals surface area contributed by atoms with Crippen molar-refractivity contribution < 1.29 is 4.79 Å². The molecular weight excluding hydrogens is 198 g/mol. The Bertz CT molecular complexity index is 312. The molecule has 2 N–H and O–H groups in total. The summed E-state index contributed by atoms with van der Waals surface area (Å²) in [5.74, 6) is 0.106. The number of thiazole rings is 1. The summed E-state index contributed by atoms with van der Waals surface area (Å²) in [6.07, 6.45) is 2.65. The van der Waals surface area contributed by atoms with Gasteiger partial charge in [-0.15, -0.1) is 11.3 Å². The van der Waals surface area contributed by atoms with E-state index in [4.69, 9.17) is 5.73 Å². The smallest absolute Gasteiger partial charge is 0.205 e. The highest BCUT2D eigenvalue weighted by Gasteiger charge is 2.22. The van der Waals surface area contributed by atoms with Crippen LogP contribution in [0.1, 0.15) is 16.2 Å². The van der Waals surface area contributed by atoms with E-state index in [1.54, 1.807) is 6.20 Å². The van der Waals surface area contributed by atoms with Gasteiger partial charge in [0.1, 0.15) is 0 Å². The van der Waals surface area contributed by atoms with Crippen LogP contribution in [0, 0.1) is 0 Å². The number of carbonyl (C=O) groups is 1. The molecule has 1 aromatic rings. The molecule has 14 heavy (non-hydrogen) atoms. The summed E-state index contributed by atoms with van der Waals surface area (Å²) in [6, 6.07) is 0.235. The molecule has 76 valence electrons. The van der Waals surface area contributed by atoms with Gasteiger partial charge in [-0.2, -0.15) is 0 Å². The monoisotopic (exact) mass is 211 g/mol. The quantitative estimate of drug-likeness (QED) is 0.733. The maximum atomic E-state index is 11.6. The van der Waals surface area contributed by atoms with E-state index < -0.39 is 0 Å². The highest BCUT2D eigenvalue weighted by atomic mass is 32.1. The number of likely N-dealkylation sites (tertiary alicyclic amines) is 1. The first kappa shape index (κ1) is 9.76. The van der Waals surface area contributed by atoms with Crippen LogP contribution in [0.25, 0.3) is 0 Å². The summed E-state index contributed by atoms with van der Waals surface area (Å²) < 4.78 is 0. The average molecular weight is 211 g/mol. The first-order chi connectivity index (χ1) is 6.75. The van der Waals surface area contributed by atoms with Gasteiger partial charge in [0, 0.05) is 30.7 Å². The number of nitrogens with zero attached hydrogens (tertiary/aromatic N) is 2. The third-order valence-corrected chi connectivity index (χ3v) is 3.16. The lowest BCUT2D eigenvalue weighted by Gasteiger charge is -2.12. The lowest BCUT2D eigenvalue weighted by Crippen LogP contribution is -2.30. The van der Waals surface area contributed by atoms with Crippen LogP contribution >= 0.6 is 11.3 Å². The van der Waals surface area contributed by atoms with Gasteiger partial charge >= 0.3 is 0 Å². The number of ketones is 1. The minimum atomic E-state index is 0.106. The van der Waals surface area contributed by atoms with Crippen LogP contribution in [0.15, 0.2) is 11.6 Å². The van der Waals surface area contributed by atoms with Crippen LogP contribution in [0.4, 0.5) is 0 Å². The molecule has 0 aliphatic carbocycles. The van der Waals surface area contributed by atoms with Crippen molar-refractivity contribution in [3.63, 3.8) is 0 Å². The zero-order valence-corrected chi connectivity index (χ0v) is 8.67. The predicted molar refractivity (Wildman–Crippen MR) is 55.5 cm³/mol. The van der Waals surface area contributed by atoms with E-state index in [1.165, 1.54) is 11.3 Å². The van der Waals surface area contributed by atoms with Gasteiger partial charge in [-0.3, -0.25) is 9.69 Å². The maximum absolute atomic E-state index is 11.6. The molecule has 0 spiro atoms. The Balaban J connectivity index is 1.89. The van der Waals surface area contributed by atoms with Crippen molar-refractivity contribution in [2.45, 2.75) is 12.5 Å². The maximum Gasteiger partial charge on any atom is 0.205 e. The molecule has 2 heterocycles. The molecule has 0 bridgehead atoms. The lowest BCUT2D eigenvalue weighted by molar-refractivity contribution is 0.0944. The lowest BCUT2D eigenvalue weighted by atomic mass is 10.3. The highest BCUT2D eigenvalue weighted by Crippen LogP contribution is 2.10. The summed E-state index contributed by atoms with van der Waals surface area (Å²) >= 11 is 1.40. The van der Waals surface area contributed by atoms with E-state index in [9.17, 15) is 4.79 Å². The van der Waals surface area contributed by atoms with Crippen molar-refractivity contribution >= 4 is 17.1 Å². The zero-order chi connectivity index (χ0) is 9.97. The Morgan fingerprint density at radius 3 is 3.21 bits per heavy atom. The largest absolute Gasteiger partial charge is 0.326 e. The van der Waals surface area contributed by atoms with Crippen molar-refractivity contribution in [3.05, 3.63) is 16.6 Å². The second-order valence-electron chi connectivity index (χ2n) is 3.54. The molecule has 1 fully saturated rings. The summed E-state index contributed by atoms with van der Waals surface area (Å²) in [4.78, 5) is 17.7. The van der Waals surface area contributed by atoms with E-state index >= 15 is 0 Å². The fourth-order valence-corrected chi connectivity index (χ4v) is 2.21. The summed E-state index contributed by atoms with van der Waals surface area (Å²) in [6.45, 7) is 2.22. The molecular formula is C9H13N3OS. The molecule has 5 heteroatoms. The van der Waals surface area contributed by atoms with Gasteiger partial charge in [0.15, 0.2) is 5.01 Å². The van der Waals surface area contributed by atoms with Gasteiger partial charge < -0.3 is 5.73 Å². The summed E-state index contributed by atoms with van der Waals surface area (Å²) in [7, 11) is 0. The number of hydrogen-bond acceptors (Lipinski definition) is 5. The Kier molecular flexibility index (Phi) is 2.90. The molecule has 0 aromatic carbocycles. The number of Topliss-reactive ketones (excluding diaryl/α,β-unsaturated/α-hetero) is 1. The molecule has 1 atom stereocenters. The summed E-state index contributed by atoms with van der Waals surface area (Å²) in [5, 5.41) is 2.42. The minimum absolute atomic E-state index is 0.106. The minimum Gasteiger partial charge on any atom is -0.326 e. The predicted octanol–water partition coefficient (Wildman–Crippen LogP) is 0.359. The third-order valence-electron chi connectivity index (χ3n) is 2.35. The Morgan fingerprint density at radius 2 is 2.64 bits per heavy atom. The molecule has 1 aliphatic heterocycles. The van der Waals surface area contributed by atoms with Gasteiger partial charge in [-0.05, 0) is 6.42 Å². The molecule has 2 rings (SSSR count). The topological polar surface area (TPSA) is 59.2 Å². The van der Waals surface area contributed by atoms with Crippen molar-refractivity contribution in [1.29, 1.82) is 0 Å². The van der Waals surface area contributed by atoms with E-state index in [1.807, 2.05) is 5.38 Å². The van der Waals surface area contributed by atoms with Crippen molar-refractivity contribution in [2.75, 3.05) is 19.6 Å². The fraction of sp³-hybridized carbons (Fsp3) is 0.556. The van der Waals surface area contributed by atoms with Crippen LogP contribution < -0.4 is 5.73 Å². The van der Waals surface area contributed by atoms with Crippen molar-refractivity contribution in [2.24, 2.45) is 5.73 Å². The van der Waals surface area contributed by atoms with E-state index in [2.05, 4.69) is 9.88 Å². The van der Waals surface area contributed by atoms with Gasteiger partial charge in [0.05, 0.1) is 6.54 Å². The number of hydrogen-bond donors (Lipinski definition) is 1. The van der Waals surface area contributed by atoms with Gasteiger partial charge in [0.2, 0.25) is 5.78 Å². The molecule has 1 aromatic heterocycles. The molecule has 1 aliphatic rings. The average Bonchev–Trinajstić information content (AvgIpc) is 2.75. The highest BCUT2D eigenvalue weighted by molar-refractivity contribution is 7.11. The van der Waals surface area contributed by atoms with E-state index in [0.29, 0.717) is 11.6 Å². The standard InChI is InChI=1S/C9H13N3OS/c10-7-1-3-12(5-7)6-8(13)9-11-2-4-14-9/h2,4,7H,1,3,5-6,10H2. The molecule has 0 amide bonds. The van der Waals surface area contributed by atoms with Gasteiger partial charge in [0.25, 0.3) is 0 Å². The molecule has 1 unspecified atom stereocenters. The van der Waals surface area contributed by atoms with E-state index in [-0.39, 0.29) is 11.8 Å². The molecule has 0 radical (unpaired) electrons. The van der Waals surface area contributed by atoms with Crippen LogP contribution in [0.3, 0.4) is 0 Å².